The predicted octanol–water partition coefficient (Wildman–Crippen LogP) is 1.37. The van der Waals surface area contributed by atoms with Gasteiger partial charge in [-0.3, -0.25) is 5.10 Å². The van der Waals surface area contributed by atoms with Crippen LogP contribution in [0.25, 0.3) is 0 Å². The molecular weight excluding hydrogens is 294 g/mol. The van der Waals surface area contributed by atoms with E-state index in [0.29, 0.717) is 0 Å². The lowest BCUT2D eigenvalue weighted by atomic mass is 9.98. The standard InChI is InChI=1S/C16H27N5O2/c1-12(15-11-20(2)7-8-23-15)19-16(22)21-6-4-3-5-14(21)13-9-17-18-10-13/h9-10,12,14-15H,3-8,11H2,1-2H3,(H,17,18)(H,19,22)/t12-,14-,15-/m0/s1. The summed E-state index contributed by atoms with van der Waals surface area (Å²) in [6, 6.07) is 0.113. The van der Waals surface area contributed by atoms with Crippen LogP contribution >= 0.6 is 0 Å². The van der Waals surface area contributed by atoms with Crippen molar-refractivity contribution < 1.29 is 9.53 Å². The van der Waals surface area contributed by atoms with Crippen LogP contribution in [0.3, 0.4) is 0 Å². The molecule has 0 saturated carbocycles. The highest BCUT2D eigenvalue weighted by molar-refractivity contribution is 5.75. The highest BCUT2D eigenvalue weighted by Gasteiger charge is 2.31. The molecule has 2 N–H and O–H groups in total. The molecule has 2 amide bonds. The maximum absolute atomic E-state index is 12.8. The summed E-state index contributed by atoms with van der Waals surface area (Å²) in [5.74, 6) is 0. The predicted molar refractivity (Wildman–Crippen MR) is 87.1 cm³/mol. The molecular formula is C16H27N5O2. The van der Waals surface area contributed by atoms with Crippen LogP contribution < -0.4 is 5.32 Å². The van der Waals surface area contributed by atoms with Crippen molar-refractivity contribution >= 4 is 6.03 Å². The van der Waals surface area contributed by atoms with Gasteiger partial charge in [-0.2, -0.15) is 5.10 Å². The van der Waals surface area contributed by atoms with Crippen molar-refractivity contribution in [3.8, 4) is 0 Å². The Morgan fingerprint density at radius 2 is 2.35 bits per heavy atom. The summed E-state index contributed by atoms with van der Waals surface area (Å²) in [4.78, 5) is 16.9. The molecule has 1 aromatic rings. The van der Waals surface area contributed by atoms with Gasteiger partial charge in [0, 0.05) is 31.4 Å². The van der Waals surface area contributed by atoms with Crippen LogP contribution in [0.2, 0.25) is 0 Å². The highest BCUT2D eigenvalue weighted by Crippen LogP contribution is 2.30. The monoisotopic (exact) mass is 321 g/mol. The second-order valence-electron chi connectivity index (χ2n) is 6.65. The van der Waals surface area contributed by atoms with E-state index >= 15 is 0 Å². The molecule has 7 nitrogen and oxygen atoms in total. The molecule has 2 aliphatic heterocycles. The van der Waals surface area contributed by atoms with Crippen LogP contribution in [-0.4, -0.2) is 71.5 Å². The van der Waals surface area contributed by atoms with Gasteiger partial charge in [0.15, 0.2) is 0 Å². The van der Waals surface area contributed by atoms with E-state index in [2.05, 4.69) is 27.5 Å². The van der Waals surface area contributed by atoms with Crippen molar-refractivity contribution in [3.63, 3.8) is 0 Å². The number of aromatic nitrogens is 2. The van der Waals surface area contributed by atoms with Crippen molar-refractivity contribution in [1.29, 1.82) is 0 Å². The first kappa shape index (κ1) is 16.3. The first-order chi connectivity index (χ1) is 11.1. The van der Waals surface area contributed by atoms with E-state index in [1.807, 2.05) is 24.2 Å². The normalized spacial score (nSPS) is 27.7. The number of piperidine rings is 1. The van der Waals surface area contributed by atoms with Gasteiger partial charge in [-0.25, -0.2) is 4.79 Å². The second-order valence-corrected chi connectivity index (χ2v) is 6.65. The Labute approximate surface area is 137 Å². The number of carbonyl (C=O) groups is 1. The quantitative estimate of drug-likeness (QED) is 0.882. The summed E-state index contributed by atoms with van der Waals surface area (Å²) in [5.41, 5.74) is 1.08. The van der Waals surface area contributed by atoms with Crippen LogP contribution in [0.5, 0.6) is 0 Å². The largest absolute Gasteiger partial charge is 0.373 e. The Balaban J connectivity index is 1.61. The molecule has 0 aliphatic carbocycles. The topological polar surface area (TPSA) is 73.5 Å². The van der Waals surface area contributed by atoms with Crippen molar-refractivity contribution in [2.24, 2.45) is 0 Å². The van der Waals surface area contributed by atoms with Gasteiger partial charge in [0.1, 0.15) is 0 Å². The number of carbonyl (C=O) groups excluding carboxylic acids is 1. The summed E-state index contributed by atoms with van der Waals surface area (Å²) in [6.07, 6.45) is 6.95. The third-order valence-corrected chi connectivity index (χ3v) is 4.87. The number of hydrogen-bond acceptors (Lipinski definition) is 4. The van der Waals surface area contributed by atoms with E-state index in [-0.39, 0.29) is 24.2 Å². The molecule has 3 rings (SSSR count). The fourth-order valence-corrected chi connectivity index (χ4v) is 3.45. The molecule has 2 saturated heterocycles. The fraction of sp³-hybridized carbons (Fsp3) is 0.750. The molecule has 0 aromatic carbocycles. The van der Waals surface area contributed by atoms with Gasteiger partial charge in [-0.1, -0.05) is 0 Å². The Kier molecular flexibility index (Phi) is 5.17. The lowest BCUT2D eigenvalue weighted by molar-refractivity contribution is -0.0343. The second kappa shape index (κ2) is 7.31. The minimum Gasteiger partial charge on any atom is -0.373 e. The van der Waals surface area contributed by atoms with Crippen molar-refractivity contribution in [2.75, 3.05) is 33.3 Å². The third-order valence-electron chi connectivity index (χ3n) is 4.87. The van der Waals surface area contributed by atoms with Gasteiger partial charge in [0.2, 0.25) is 0 Å². The number of likely N-dealkylation sites (N-methyl/N-ethyl adjacent to an activating group) is 1. The first-order valence-corrected chi connectivity index (χ1v) is 8.51. The Morgan fingerprint density at radius 1 is 1.48 bits per heavy atom. The summed E-state index contributed by atoms with van der Waals surface area (Å²) in [5, 5.41) is 10.0. The maximum Gasteiger partial charge on any atom is 0.318 e. The van der Waals surface area contributed by atoms with Crippen LogP contribution in [0, 0.1) is 0 Å². The first-order valence-electron chi connectivity index (χ1n) is 8.51. The lowest BCUT2D eigenvalue weighted by Gasteiger charge is -2.38. The Hall–Kier alpha value is -1.60. The maximum atomic E-state index is 12.8. The zero-order valence-corrected chi connectivity index (χ0v) is 14.0. The fourth-order valence-electron chi connectivity index (χ4n) is 3.45. The molecule has 2 fully saturated rings. The third kappa shape index (κ3) is 3.84. The number of H-pyrrole nitrogens is 1. The number of amides is 2. The number of nitrogens with zero attached hydrogens (tertiary/aromatic N) is 3. The number of urea groups is 1. The molecule has 128 valence electrons. The lowest BCUT2D eigenvalue weighted by Crippen LogP contribution is -2.54. The van der Waals surface area contributed by atoms with Gasteiger partial charge in [0.05, 0.1) is 31.0 Å². The van der Waals surface area contributed by atoms with Gasteiger partial charge in [-0.15, -0.1) is 0 Å². The summed E-state index contributed by atoms with van der Waals surface area (Å²) in [7, 11) is 2.09. The number of ether oxygens (including phenoxy) is 1. The van der Waals surface area contributed by atoms with E-state index in [1.54, 1.807) is 0 Å². The zero-order chi connectivity index (χ0) is 16.2. The molecule has 0 bridgehead atoms. The van der Waals surface area contributed by atoms with E-state index < -0.39 is 0 Å². The van der Waals surface area contributed by atoms with Gasteiger partial charge < -0.3 is 19.9 Å². The number of aromatic amines is 1. The molecule has 7 heteroatoms. The number of rotatable bonds is 3. The van der Waals surface area contributed by atoms with Crippen molar-refractivity contribution in [3.05, 3.63) is 18.0 Å². The minimum atomic E-state index is -0.00261. The van der Waals surface area contributed by atoms with Crippen LogP contribution in [0.1, 0.15) is 37.8 Å². The molecule has 0 spiro atoms. The van der Waals surface area contributed by atoms with Crippen LogP contribution in [0.15, 0.2) is 12.4 Å². The molecule has 23 heavy (non-hydrogen) atoms. The summed E-state index contributed by atoms with van der Waals surface area (Å²) in [6.45, 7) is 5.35. The smallest absolute Gasteiger partial charge is 0.318 e. The number of hydrogen-bond donors (Lipinski definition) is 2. The van der Waals surface area contributed by atoms with Gasteiger partial charge in [0.25, 0.3) is 0 Å². The molecule has 3 atom stereocenters. The van der Waals surface area contributed by atoms with Gasteiger partial charge in [-0.05, 0) is 33.2 Å². The Morgan fingerprint density at radius 3 is 3.09 bits per heavy atom. The van der Waals surface area contributed by atoms with Crippen molar-refractivity contribution in [1.82, 2.24) is 25.3 Å². The molecule has 1 aromatic heterocycles. The average molecular weight is 321 g/mol. The highest BCUT2D eigenvalue weighted by atomic mass is 16.5. The van der Waals surface area contributed by atoms with E-state index in [1.165, 1.54) is 0 Å². The molecule has 0 radical (unpaired) electrons. The SMILES string of the molecule is C[C@H](NC(=O)N1CCCC[C@H]1c1cn[nH]c1)[C@@H]1CN(C)CCO1. The van der Waals surface area contributed by atoms with E-state index in [0.717, 1.165) is 51.1 Å². The van der Waals surface area contributed by atoms with E-state index in [4.69, 9.17) is 4.74 Å². The summed E-state index contributed by atoms with van der Waals surface area (Å²) < 4.78 is 5.81. The molecule has 0 unspecified atom stereocenters. The number of morpholine rings is 1. The Bertz CT molecular complexity index is 507. The minimum absolute atomic E-state index is 0.000210. The molecule has 2 aliphatic rings. The van der Waals surface area contributed by atoms with Gasteiger partial charge >= 0.3 is 6.03 Å². The van der Waals surface area contributed by atoms with Crippen LogP contribution in [0.4, 0.5) is 4.79 Å². The summed E-state index contributed by atoms with van der Waals surface area (Å²) >= 11 is 0. The average Bonchev–Trinajstić information content (AvgIpc) is 3.09. The van der Waals surface area contributed by atoms with Crippen LogP contribution in [-0.2, 0) is 4.74 Å². The zero-order valence-electron chi connectivity index (χ0n) is 14.0. The number of nitrogens with one attached hydrogen (secondary N) is 2. The van der Waals surface area contributed by atoms with E-state index in [9.17, 15) is 4.79 Å². The van der Waals surface area contributed by atoms with Crippen molar-refractivity contribution in [2.45, 2.75) is 44.4 Å². The molecule has 3 heterocycles. The number of likely N-dealkylation sites (tertiary alicyclic amines) is 1.